The van der Waals surface area contributed by atoms with E-state index in [-0.39, 0.29) is 22.3 Å². The van der Waals surface area contributed by atoms with Gasteiger partial charge in [-0.25, -0.2) is 14.4 Å². The van der Waals surface area contributed by atoms with Gasteiger partial charge in [0.15, 0.2) is 5.16 Å². The molecule has 0 unspecified atom stereocenters. The Morgan fingerprint density at radius 2 is 2.00 bits per heavy atom. The fraction of sp³-hybridized carbons (Fsp3) is 0.167. The van der Waals surface area contributed by atoms with Crippen molar-refractivity contribution in [1.29, 1.82) is 0 Å². The van der Waals surface area contributed by atoms with Gasteiger partial charge < -0.3 is 5.32 Å². The summed E-state index contributed by atoms with van der Waals surface area (Å²) in [7, 11) is 0. The average molecular weight is 427 g/mol. The Morgan fingerprint density at radius 3 is 2.68 bits per heavy atom. The number of carbonyl (C=O) groups excluding carboxylic acids is 1. The summed E-state index contributed by atoms with van der Waals surface area (Å²) in [5, 5.41) is 3.94. The van der Waals surface area contributed by atoms with Crippen molar-refractivity contribution in [3.8, 4) is 10.6 Å². The molecule has 0 bridgehead atoms. The van der Waals surface area contributed by atoms with Gasteiger partial charge >= 0.3 is 6.18 Å². The van der Waals surface area contributed by atoms with Gasteiger partial charge in [-0.15, -0.1) is 11.3 Å². The van der Waals surface area contributed by atoms with Crippen molar-refractivity contribution in [2.45, 2.75) is 18.3 Å². The van der Waals surface area contributed by atoms with Crippen LogP contribution in [0.1, 0.15) is 11.3 Å². The van der Waals surface area contributed by atoms with Gasteiger partial charge in [-0.05, 0) is 42.1 Å². The van der Waals surface area contributed by atoms with Gasteiger partial charge in [0.25, 0.3) is 0 Å². The highest BCUT2D eigenvalue weighted by molar-refractivity contribution is 7.99. The molecule has 10 heteroatoms. The van der Waals surface area contributed by atoms with Gasteiger partial charge in [-0.3, -0.25) is 4.79 Å². The van der Waals surface area contributed by atoms with Crippen molar-refractivity contribution >= 4 is 34.7 Å². The van der Waals surface area contributed by atoms with Crippen molar-refractivity contribution in [3.05, 3.63) is 58.9 Å². The van der Waals surface area contributed by atoms with Gasteiger partial charge in [0.1, 0.15) is 11.5 Å². The number of hydrogen-bond acceptors (Lipinski definition) is 5. The fourth-order valence-electron chi connectivity index (χ4n) is 2.24. The quantitative estimate of drug-likeness (QED) is 0.336. The molecule has 1 N–H and O–H groups in total. The summed E-state index contributed by atoms with van der Waals surface area (Å²) < 4.78 is 53.1. The van der Waals surface area contributed by atoms with Crippen LogP contribution in [0.4, 0.5) is 23.2 Å². The van der Waals surface area contributed by atoms with Crippen LogP contribution in [0.15, 0.2) is 46.9 Å². The number of hydrogen-bond donors (Lipinski definition) is 1. The molecule has 0 saturated heterocycles. The van der Waals surface area contributed by atoms with E-state index in [1.165, 1.54) is 23.5 Å². The second-order valence-corrected chi connectivity index (χ2v) is 7.61. The average Bonchev–Trinajstić information content (AvgIpc) is 3.17. The molecule has 0 aliphatic carbocycles. The Morgan fingerprint density at radius 1 is 1.21 bits per heavy atom. The number of nitrogens with zero attached hydrogens (tertiary/aromatic N) is 2. The van der Waals surface area contributed by atoms with Crippen LogP contribution in [0.25, 0.3) is 10.6 Å². The number of anilines is 1. The molecule has 0 aliphatic heterocycles. The first-order chi connectivity index (χ1) is 13.2. The lowest BCUT2D eigenvalue weighted by Crippen LogP contribution is -2.16. The molecule has 1 aromatic carbocycles. The maximum Gasteiger partial charge on any atom is 0.433 e. The van der Waals surface area contributed by atoms with Crippen molar-refractivity contribution < 1.29 is 22.4 Å². The molecule has 4 nitrogen and oxygen atoms in total. The second-order valence-electron chi connectivity index (χ2n) is 5.72. The maximum absolute atomic E-state index is 13.7. The van der Waals surface area contributed by atoms with E-state index in [0.29, 0.717) is 4.88 Å². The van der Waals surface area contributed by atoms with E-state index in [0.717, 1.165) is 23.4 Å². The highest BCUT2D eigenvalue weighted by Crippen LogP contribution is 2.33. The standard InChI is InChI=1S/C18H13F4N3OS2/c1-10-4-5-11(19)12(7-10)23-16(26)9-28-17-24-13(14-3-2-6-27-14)8-15(25-17)18(20,21)22/h2-8H,9H2,1H3,(H,23,26). The number of carbonyl (C=O) groups is 1. The predicted molar refractivity (Wildman–Crippen MR) is 101 cm³/mol. The van der Waals surface area contributed by atoms with Crippen LogP contribution in [-0.2, 0) is 11.0 Å². The molecule has 0 atom stereocenters. The second kappa shape index (κ2) is 8.27. The summed E-state index contributed by atoms with van der Waals surface area (Å²) in [4.78, 5) is 20.2. The van der Waals surface area contributed by atoms with E-state index in [1.807, 2.05) is 0 Å². The van der Waals surface area contributed by atoms with Crippen LogP contribution in [0.2, 0.25) is 0 Å². The lowest BCUT2D eigenvalue weighted by atomic mass is 10.2. The number of aryl methyl sites for hydroxylation is 1. The Kier molecular flexibility index (Phi) is 5.99. The van der Waals surface area contributed by atoms with Crippen LogP contribution < -0.4 is 5.32 Å². The number of alkyl halides is 3. The largest absolute Gasteiger partial charge is 0.433 e. The van der Waals surface area contributed by atoms with E-state index in [2.05, 4.69) is 15.3 Å². The van der Waals surface area contributed by atoms with E-state index < -0.39 is 23.6 Å². The van der Waals surface area contributed by atoms with Gasteiger partial charge in [-0.2, -0.15) is 13.2 Å². The summed E-state index contributed by atoms with van der Waals surface area (Å²) in [5.41, 5.74) is -0.190. The van der Waals surface area contributed by atoms with Gasteiger partial charge in [0.05, 0.1) is 22.0 Å². The molecule has 2 aromatic heterocycles. The van der Waals surface area contributed by atoms with Gasteiger partial charge in [0, 0.05) is 0 Å². The van der Waals surface area contributed by atoms with E-state index in [9.17, 15) is 22.4 Å². The summed E-state index contributed by atoms with van der Waals surface area (Å²) in [6, 6.07) is 8.47. The lowest BCUT2D eigenvalue weighted by Gasteiger charge is -2.10. The monoisotopic (exact) mass is 427 g/mol. The number of rotatable bonds is 5. The minimum Gasteiger partial charge on any atom is -0.323 e. The number of amides is 1. The number of halogens is 4. The zero-order valence-electron chi connectivity index (χ0n) is 14.4. The van der Waals surface area contributed by atoms with Crippen LogP contribution in [0.3, 0.4) is 0 Å². The minimum absolute atomic E-state index is 0.00911. The van der Waals surface area contributed by atoms with Gasteiger partial charge in [0.2, 0.25) is 5.91 Å². The van der Waals surface area contributed by atoms with Crippen molar-refractivity contribution in [2.75, 3.05) is 11.1 Å². The molecule has 0 radical (unpaired) electrons. The molecule has 3 aromatic rings. The van der Waals surface area contributed by atoms with Crippen LogP contribution >= 0.6 is 23.1 Å². The Labute approximate surface area is 166 Å². The molecule has 0 aliphatic rings. The molecule has 3 rings (SSSR count). The molecular weight excluding hydrogens is 414 g/mol. The third-order valence-corrected chi connectivity index (χ3v) is 5.24. The maximum atomic E-state index is 13.7. The van der Waals surface area contributed by atoms with Crippen LogP contribution in [0, 0.1) is 12.7 Å². The molecule has 0 saturated carbocycles. The molecule has 2 heterocycles. The van der Waals surface area contributed by atoms with Crippen LogP contribution in [-0.4, -0.2) is 21.6 Å². The zero-order chi connectivity index (χ0) is 20.3. The fourth-order valence-corrected chi connectivity index (χ4v) is 3.58. The first-order valence-corrected chi connectivity index (χ1v) is 9.78. The van der Waals surface area contributed by atoms with Crippen molar-refractivity contribution in [2.24, 2.45) is 0 Å². The highest BCUT2D eigenvalue weighted by atomic mass is 32.2. The lowest BCUT2D eigenvalue weighted by molar-refractivity contribution is -0.141. The molecule has 0 fully saturated rings. The van der Waals surface area contributed by atoms with E-state index in [4.69, 9.17) is 0 Å². The molecular formula is C18H13F4N3OS2. The van der Waals surface area contributed by atoms with Crippen molar-refractivity contribution in [1.82, 2.24) is 9.97 Å². The summed E-state index contributed by atoms with van der Waals surface area (Å²) in [6.07, 6.45) is -4.64. The number of aromatic nitrogens is 2. The molecule has 0 spiro atoms. The normalized spacial score (nSPS) is 11.5. The van der Waals surface area contributed by atoms with E-state index >= 15 is 0 Å². The van der Waals surface area contributed by atoms with E-state index in [1.54, 1.807) is 30.5 Å². The number of benzene rings is 1. The Bertz CT molecular complexity index is 991. The SMILES string of the molecule is Cc1ccc(F)c(NC(=O)CSc2nc(-c3cccs3)cc(C(F)(F)F)n2)c1. The third kappa shape index (κ3) is 5.08. The summed E-state index contributed by atoms with van der Waals surface area (Å²) in [5.74, 6) is -1.44. The first kappa shape index (κ1) is 20.3. The van der Waals surface area contributed by atoms with Gasteiger partial charge in [-0.1, -0.05) is 23.9 Å². The first-order valence-electron chi connectivity index (χ1n) is 7.91. The summed E-state index contributed by atoms with van der Waals surface area (Å²) >= 11 is 1.99. The Hall–Kier alpha value is -2.46. The number of nitrogens with one attached hydrogen (secondary N) is 1. The predicted octanol–water partition coefficient (Wildman–Crippen LogP) is 5.40. The smallest absolute Gasteiger partial charge is 0.323 e. The summed E-state index contributed by atoms with van der Waals surface area (Å²) in [6.45, 7) is 1.74. The third-order valence-electron chi connectivity index (χ3n) is 3.50. The number of thioether (sulfide) groups is 1. The molecule has 146 valence electrons. The van der Waals surface area contributed by atoms with Crippen molar-refractivity contribution in [3.63, 3.8) is 0 Å². The Balaban J connectivity index is 1.77. The topological polar surface area (TPSA) is 54.9 Å². The zero-order valence-corrected chi connectivity index (χ0v) is 16.0. The molecule has 1 amide bonds. The minimum atomic E-state index is -4.64. The molecule has 28 heavy (non-hydrogen) atoms. The number of thiophene rings is 1. The highest BCUT2D eigenvalue weighted by Gasteiger charge is 2.34. The van der Waals surface area contributed by atoms with Crippen LogP contribution in [0.5, 0.6) is 0 Å².